The number of ether oxygens (including phenoxy) is 1. The van der Waals surface area contributed by atoms with Crippen molar-refractivity contribution in [3.05, 3.63) is 48.0 Å². The number of aromatic amines is 1. The number of carbonyl (C=O) groups is 2. The van der Waals surface area contributed by atoms with Gasteiger partial charge in [-0.25, -0.2) is 4.98 Å². The molecule has 1 aromatic heterocycles. The number of H-pyrrole nitrogens is 1. The smallest absolute Gasteiger partial charge is 0.237 e. The predicted octanol–water partition coefficient (Wildman–Crippen LogP) is 0.815. The molecular weight excluding hydrogens is 346 g/mol. The van der Waals surface area contributed by atoms with Crippen LogP contribution < -0.4 is 15.4 Å². The van der Waals surface area contributed by atoms with Crippen molar-refractivity contribution in [2.75, 3.05) is 19.7 Å². The van der Waals surface area contributed by atoms with Crippen molar-refractivity contribution in [2.45, 2.75) is 32.5 Å². The van der Waals surface area contributed by atoms with Gasteiger partial charge in [-0.15, -0.1) is 0 Å². The number of nitrogens with one attached hydrogen (secondary N) is 3. The SMILES string of the molecule is CCOc1ccc(CN2CCNC(=O)[C@H]2CC(=O)NCc2ncc[nH]2)cc1. The minimum Gasteiger partial charge on any atom is -0.494 e. The zero-order chi connectivity index (χ0) is 19.1. The van der Waals surface area contributed by atoms with Crippen LogP contribution >= 0.6 is 0 Å². The highest BCUT2D eigenvalue weighted by molar-refractivity contribution is 5.88. The molecule has 27 heavy (non-hydrogen) atoms. The van der Waals surface area contributed by atoms with E-state index in [4.69, 9.17) is 4.74 Å². The van der Waals surface area contributed by atoms with Crippen molar-refractivity contribution < 1.29 is 14.3 Å². The van der Waals surface area contributed by atoms with E-state index in [0.29, 0.717) is 38.6 Å². The summed E-state index contributed by atoms with van der Waals surface area (Å²) in [6.07, 6.45) is 3.45. The molecule has 2 aromatic rings. The zero-order valence-corrected chi connectivity index (χ0v) is 15.4. The molecule has 1 aromatic carbocycles. The topological polar surface area (TPSA) is 99.3 Å². The Balaban J connectivity index is 1.58. The van der Waals surface area contributed by atoms with Gasteiger partial charge >= 0.3 is 0 Å². The molecule has 1 fully saturated rings. The molecular formula is C19H25N5O3. The number of carbonyl (C=O) groups excluding carboxylic acids is 2. The van der Waals surface area contributed by atoms with Gasteiger partial charge in [0.2, 0.25) is 11.8 Å². The van der Waals surface area contributed by atoms with Crippen molar-refractivity contribution in [3.63, 3.8) is 0 Å². The van der Waals surface area contributed by atoms with Crippen molar-refractivity contribution in [1.29, 1.82) is 0 Å². The van der Waals surface area contributed by atoms with Crippen LogP contribution in [-0.4, -0.2) is 52.4 Å². The number of hydrogen-bond acceptors (Lipinski definition) is 5. The van der Waals surface area contributed by atoms with Crippen molar-refractivity contribution in [1.82, 2.24) is 25.5 Å². The monoisotopic (exact) mass is 371 g/mol. The van der Waals surface area contributed by atoms with Crippen LogP contribution in [0.2, 0.25) is 0 Å². The van der Waals surface area contributed by atoms with Gasteiger partial charge in [-0.2, -0.15) is 0 Å². The first-order chi connectivity index (χ1) is 13.2. The van der Waals surface area contributed by atoms with E-state index in [2.05, 4.69) is 20.6 Å². The molecule has 8 heteroatoms. The molecule has 0 saturated carbocycles. The van der Waals surface area contributed by atoms with Gasteiger partial charge in [0.05, 0.1) is 25.6 Å². The number of rotatable bonds is 8. The summed E-state index contributed by atoms with van der Waals surface area (Å²) >= 11 is 0. The largest absolute Gasteiger partial charge is 0.494 e. The minimum absolute atomic E-state index is 0.111. The Morgan fingerprint density at radius 1 is 1.37 bits per heavy atom. The number of aromatic nitrogens is 2. The van der Waals surface area contributed by atoms with Gasteiger partial charge < -0.3 is 20.4 Å². The Morgan fingerprint density at radius 2 is 2.19 bits per heavy atom. The van der Waals surface area contributed by atoms with Crippen LogP contribution in [0.3, 0.4) is 0 Å². The number of imidazole rings is 1. The molecule has 2 heterocycles. The lowest BCUT2D eigenvalue weighted by molar-refractivity contribution is -0.134. The molecule has 1 aliphatic heterocycles. The van der Waals surface area contributed by atoms with Gasteiger partial charge in [0.25, 0.3) is 0 Å². The van der Waals surface area contributed by atoms with Crippen LogP contribution in [-0.2, 0) is 22.7 Å². The quantitative estimate of drug-likeness (QED) is 0.638. The van der Waals surface area contributed by atoms with Crippen molar-refractivity contribution in [2.24, 2.45) is 0 Å². The van der Waals surface area contributed by atoms with E-state index in [9.17, 15) is 9.59 Å². The Bertz CT molecular complexity index is 745. The molecule has 1 saturated heterocycles. The molecule has 144 valence electrons. The maximum Gasteiger partial charge on any atom is 0.237 e. The van der Waals surface area contributed by atoms with Crippen molar-refractivity contribution >= 4 is 11.8 Å². The summed E-state index contributed by atoms with van der Waals surface area (Å²) in [5.41, 5.74) is 1.08. The predicted molar refractivity (Wildman–Crippen MR) is 99.9 cm³/mol. The fraction of sp³-hybridized carbons (Fsp3) is 0.421. The Hall–Kier alpha value is -2.87. The molecule has 3 N–H and O–H groups in total. The van der Waals surface area contributed by atoms with Gasteiger partial charge in [0.15, 0.2) is 0 Å². The lowest BCUT2D eigenvalue weighted by atomic mass is 10.1. The Morgan fingerprint density at radius 3 is 2.89 bits per heavy atom. The van der Waals surface area contributed by atoms with Gasteiger partial charge in [-0.1, -0.05) is 12.1 Å². The first kappa shape index (κ1) is 18.9. The van der Waals surface area contributed by atoms with E-state index in [1.807, 2.05) is 36.1 Å². The number of hydrogen-bond donors (Lipinski definition) is 3. The molecule has 0 spiro atoms. The molecule has 0 radical (unpaired) electrons. The second-order valence-corrected chi connectivity index (χ2v) is 6.37. The van der Waals surface area contributed by atoms with Crippen LogP contribution in [0.15, 0.2) is 36.7 Å². The summed E-state index contributed by atoms with van der Waals surface area (Å²) in [5.74, 6) is 1.22. The van der Waals surface area contributed by atoms with Gasteiger partial charge in [0.1, 0.15) is 11.6 Å². The fourth-order valence-electron chi connectivity index (χ4n) is 3.09. The highest BCUT2D eigenvalue weighted by Crippen LogP contribution is 2.17. The first-order valence-electron chi connectivity index (χ1n) is 9.14. The molecule has 0 unspecified atom stereocenters. The number of amides is 2. The second kappa shape index (κ2) is 9.18. The average Bonchev–Trinajstić information content (AvgIpc) is 3.18. The molecule has 2 amide bonds. The Kier molecular flexibility index (Phi) is 6.43. The summed E-state index contributed by atoms with van der Waals surface area (Å²) < 4.78 is 5.46. The summed E-state index contributed by atoms with van der Waals surface area (Å²) in [4.78, 5) is 33.7. The molecule has 1 atom stereocenters. The van der Waals surface area contributed by atoms with E-state index >= 15 is 0 Å². The fourth-order valence-corrected chi connectivity index (χ4v) is 3.09. The third kappa shape index (κ3) is 5.30. The van der Waals surface area contributed by atoms with Crippen LogP contribution in [0.4, 0.5) is 0 Å². The normalized spacial score (nSPS) is 17.4. The van der Waals surface area contributed by atoms with E-state index in [0.717, 1.165) is 11.3 Å². The van der Waals surface area contributed by atoms with Crippen molar-refractivity contribution in [3.8, 4) is 5.75 Å². The molecule has 0 aliphatic carbocycles. The summed E-state index contributed by atoms with van der Waals surface area (Å²) in [6.45, 7) is 4.78. The van der Waals surface area contributed by atoms with Gasteiger partial charge in [-0.3, -0.25) is 14.5 Å². The second-order valence-electron chi connectivity index (χ2n) is 6.37. The maximum absolute atomic E-state index is 12.3. The molecule has 3 rings (SSSR count). The number of piperazine rings is 1. The lowest BCUT2D eigenvalue weighted by Crippen LogP contribution is -2.56. The highest BCUT2D eigenvalue weighted by Gasteiger charge is 2.31. The standard InChI is InChI=1S/C19H25N5O3/c1-2-27-15-5-3-14(4-6-15)13-24-10-9-22-19(26)16(24)11-18(25)23-12-17-20-7-8-21-17/h3-8,16H,2,9-13H2,1H3,(H,20,21)(H,22,26)(H,23,25)/t16-/m1/s1. The van der Waals surface area contributed by atoms with E-state index < -0.39 is 6.04 Å². The molecule has 0 bridgehead atoms. The van der Waals surface area contributed by atoms with Gasteiger partial charge in [-0.05, 0) is 24.6 Å². The minimum atomic E-state index is -0.484. The van der Waals surface area contributed by atoms with Crippen LogP contribution in [0, 0.1) is 0 Å². The third-order valence-corrected chi connectivity index (χ3v) is 4.45. The number of nitrogens with zero attached hydrogens (tertiary/aromatic N) is 2. The maximum atomic E-state index is 12.3. The van der Waals surface area contributed by atoms with Crippen LogP contribution in [0.1, 0.15) is 24.7 Å². The molecule has 1 aliphatic rings. The summed E-state index contributed by atoms with van der Waals surface area (Å²) in [6, 6.07) is 7.35. The van der Waals surface area contributed by atoms with E-state index in [1.165, 1.54) is 0 Å². The lowest BCUT2D eigenvalue weighted by Gasteiger charge is -2.34. The van der Waals surface area contributed by atoms with E-state index in [1.54, 1.807) is 12.4 Å². The van der Waals surface area contributed by atoms with Crippen LogP contribution in [0.25, 0.3) is 0 Å². The summed E-state index contributed by atoms with van der Waals surface area (Å²) in [7, 11) is 0. The molecule has 8 nitrogen and oxygen atoms in total. The number of benzene rings is 1. The van der Waals surface area contributed by atoms with Gasteiger partial charge in [0, 0.05) is 32.0 Å². The highest BCUT2D eigenvalue weighted by atomic mass is 16.5. The first-order valence-corrected chi connectivity index (χ1v) is 9.14. The van der Waals surface area contributed by atoms with Crippen LogP contribution in [0.5, 0.6) is 5.75 Å². The zero-order valence-electron chi connectivity index (χ0n) is 15.4. The van der Waals surface area contributed by atoms with E-state index in [-0.39, 0.29) is 18.2 Å². The Labute approximate surface area is 158 Å². The summed E-state index contributed by atoms with van der Waals surface area (Å²) in [5, 5.41) is 5.65. The third-order valence-electron chi connectivity index (χ3n) is 4.45. The average molecular weight is 371 g/mol.